The highest BCUT2D eigenvalue weighted by atomic mass is 16.1. The van der Waals surface area contributed by atoms with Gasteiger partial charge < -0.3 is 10.3 Å². The van der Waals surface area contributed by atoms with E-state index in [9.17, 15) is 4.79 Å². The lowest BCUT2D eigenvalue weighted by atomic mass is 10.0. The maximum Gasteiger partial charge on any atom is 0.251 e. The molecule has 0 atom stereocenters. The van der Waals surface area contributed by atoms with E-state index in [1.54, 1.807) is 0 Å². The van der Waals surface area contributed by atoms with Crippen LogP contribution in [0.25, 0.3) is 22.0 Å². The Morgan fingerprint density at radius 2 is 1.62 bits per heavy atom. The van der Waals surface area contributed by atoms with E-state index in [-0.39, 0.29) is 5.91 Å². The van der Waals surface area contributed by atoms with E-state index in [0.29, 0.717) is 12.1 Å². The number of carbonyl (C=O) groups excluding carboxylic acids is 1. The van der Waals surface area contributed by atoms with Crippen LogP contribution in [-0.4, -0.2) is 17.4 Å². The second-order valence-corrected chi connectivity index (χ2v) is 6.35. The molecule has 0 saturated heterocycles. The monoisotopic (exact) mass is 340 g/mol. The summed E-state index contributed by atoms with van der Waals surface area (Å²) in [5.74, 6) is -0.0365. The number of nitrogens with one attached hydrogen (secondary N) is 2. The summed E-state index contributed by atoms with van der Waals surface area (Å²) >= 11 is 0. The molecular formula is C23H20N2O. The Balaban J connectivity index is 1.35. The van der Waals surface area contributed by atoms with Crippen molar-refractivity contribution in [1.82, 2.24) is 10.3 Å². The van der Waals surface area contributed by atoms with Crippen molar-refractivity contribution in [3.05, 3.63) is 96.2 Å². The van der Waals surface area contributed by atoms with Crippen molar-refractivity contribution in [1.29, 1.82) is 0 Å². The summed E-state index contributed by atoms with van der Waals surface area (Å²) in [6.45, 7) is 0.617. The average molecular weight is 340 g/mol. The highest BCUT2D eigenvalue weighted by Gasteiger charge is 2.06. The Bertz CT molecular complexity index is 1020. The van der Waals surface area contributed by atoms with Crippen molar-refractivity contribution >= 4 is 16.8 Å². The molecule has 0 unspecified atom stereocenters. The molecule has 0 aliphatic heterocycles. The summed E-state index contributed by atoms with van der Waals surface area (Å²) in [5, 5.41) is 4.20. The molecular weight excluding hydrogens is 320 g/mol. The summed E-state index contributed by atoms with van der Waals surface area (Å²) < 4.78 is 0. The smallest absolute Gasteiger partial charge is 0.251 e. The van der Waals surface area contributed by atoms with E-state index in [1.165, 1.54) is 10.9 Å². The Hall–Kier alpha value is -3.33. The first-order chi connectivity index (χ1) is 12.8. The number of benzene rings is 3. The highest BCUT2D eigenvalue weighted by Crippen LogP contribution is 2.19. The van der Waals surface area contributed by atoms with Gasteiger partial charge in [-0.25, -0.2) is 0 Å². The van der Waals surface area contributed by atoms with Gasteiger partial charge in [0, 0.05) is 23.8 Å². The van der Waals surface area contributed by atoms with Gasteiger partial charge in [-0.3, -0.25) is 4.79 Å². The van der Waals surface area contributed by atoms with Crippen LogP contribution in [0, 0.1) is 0 Å². The normalized spacial score (nSPS) is 10.8. The van der Waals surface area contributed by atoms with Crippen LogP contribution >= 0.6 is 0 Å². The second-order valence-electron chi connectivity index (χ2n) is 6.35. The van der Waals surface area contributed by atoms with Crippen LogP contribution in [0.2, 0.25) is 0 Å². The molecule has 0 spiro atoms. The molecule has 4 aromatic rings. The first kappa shape index (κ1) is 16.2. The van der Waals surface area contributed by atoms with E-state index in [1.807, 2.05) is 48.7 Å². The average Bonchev–Trinajstić information content (AvgIpc) is 3.16. The minimum absolute atomic E-state index is 0.0365. The van der Waals surface area contributed by atoms with Gasteiger partial charge in [0.15, 0.2) is 0 Å². The quantitative estimate of drug-likeness (QED) is 0.538. The Morgan fingerprint density at radius 1 is 0.846 bits per heavy atom. The van der Waals surface area contributed by atoms with Crippen LogP contribution in [0.4, 0.5) is 0 Å². The number of aromatic amines is 1. The lowest BCUT2D eigenvalue weighted by molar-refractivity contribution is 0.0954. The molecule has 4 rings (SSSR count). The second kappa shape index (κ2) is 7.28. The molecule has 3 heteroatoms. The Morgan fingerprint density at radius 3 is 2.42 bits per heavy atom. The molecule has 26 heavy (non-hydrogen) atoms. The molecule has 3 aromatic carbocycles. The topological polar surface area (TPSA) is 44.9 Å². The number of rotatable bonds is 5. The summed E-state index contributed by atoms with van der Waals surface area (Å²) in [6, 6.07) is 26.3. The lowest BCUT2D eigenvalue weighted by Crippen LogP contribution is -2.25. The zero-order valence-corrected chi connectivity index (χ0v) is 14.4. The van der Waals surface area contributed by atoms with Gasteiger partial charge in [0.05, 0.1) is 0 Å². The fraction of sp³-hybridized carbons (Fsp3) is 0.0870. The molecule has 0 radical (unpaired) electrons. The minimum atomic E-state index is -0.0365. The van der Waals surface area contributed by atoms with Crippen molar-refractivity contribution in [2.75, 3.05) is 6.54 Å². The number of H-pyrrole nitrogens is 1. The van der Waals surface area contributed by atoms with E-state index in [4.69, 9.17) is 0 Å². The van der Waals surface area contributed by atoms with E-state index in [0.717, 1.165) is 23.1 Å². The largest absolute Gasteiger partial charge is 0.361 e. The van der Waals surface area contributed by atoms with Crippen LogP contribution in [-0.2, 0) is 6.42 Å². The summed E-state index contributed by atoms with van der Waals surface area (Å²) in [5.41, 5.74) is 5.29. The molecule has 0 aliphatic rings. The standard InChI is InChI=1S/C23H20N2O/c26-23(21-10-8-19(9-11-21)18-4-2-1-3-5-18)25-14-12-17-6-7-20-13-15-24-22(20)16-17/h1-11,13,15-16,24H,12,14H2,(H,25,26). The fourth-order valence-electron chi connectivity index (χ4n) is 3.12. The van der Waals surface area contributed by atoms with Gasteiger partial charge in [0.1, 0.15) is 0 Å². The van der Waals surface area contributed by atoms with E-state index in [2.05, 4.69) is 46.7 Å². The third-order valence-electron chi connectivity index (χ3n) is 4.57. The van der Waals surface area contributed by atoms with Crippen LogP contribution in [0.3, 0.4) is 0 Å². The molecule has 1 aromatic heterocycles. The lowest BCUT2D eigenvalue weighted by Gasteiger charge is -2.07. The molecule has 0 aliphatic carbocycles. The van der Waals surface area contributed by atoms with Crippen molar-refractivity contribution in [2.24, 2.45) is 0 Å². The number of hydrogen-bond donors (Lipinski definition) is 2. The Labute approximate surface area is 152 Å². The molecule has 128 valence electrons. The fourth-order valence-corrected chi connectivity index (χ4v) is 3.12. The molecule has 0 bridgehead atoms. The molecule has 0 fully saturated rings. The predicted molar refractivity (Wildman–Crippen MR) is 106 cm³/mol. The number of hydrogen-bond acceptors (Lipinski definition) is 1. The maximum absolute atomic E-state index is 12.3. The number of fused-ring (bicyclic) bond motifs is 1. The van der Waals surface area contributed by atoms with Crippen molar-refractivity contribution in [3.63, 3.8) is 0 Å². The van der Waals surface area contributed by atoms with Crippen LogP contribution in [0.1, 0.15) is 15.9 Å². The number of aromatic nitrogens is 1. The van der Waals surface area contributed by atoms with Gasteiger partial charge in [-0.2, -0.15) is 0 Å². The summed E-state index contributed by atoms with van der Waals surface area (Å²) in [4.78, 5) is 15.6. The third-order valence-corrected chi connectivity index (χ3v) is 4.57. The number of carbonyl (C=O) groups is 1. The summed E-state index contributed by atoms with van der Waals surface area (Å²) in [7, 11) is 0. The molecule has 1 amide bonds. The van der Waals surface area contributed by atoms with Gasteiger partial charge in [0.25, 0.3) is 5.91 Å². The van der Waals surface area contributed by atoms with Crippen molar-refractivity contribution in [3.8, 4) is 11.1 Å². The number of amides is 1. The highest BCUT2D eigenvalue weighted by molar-refractivity contribution is 5.94. The van der Waals surface area contributed by atoms with Gasteiger partial charge >= 0.3 is 0 Å². The van der Waals surface area contributed by atoms with Gasteiger partial charge in [-0.15, -0.1) is 0 Å². The van der Waals surface area contributed by atoms with Crippen LogP contribution in [0.15, 0.2) is 85.1 Å². The van der Waals surface area contributed by atoms with Crippen molar-refractivity contribution < 1.29 is 4.79 Å². The van der Waals surface area contributed by atoms with Gasteiger partial charge in [-0.05, 0) is 52.8 Å². The molecule has 3 nitrogen and oxygen atoms in total. The predicted octanol–water partition coefficient (Wildman–Crippen LogP) is 4.81. The van der Waals surface area contributed by atoms with Gasteiger partial charge in [-0.1, -0.05) is 54.6 Å². The SMILES string of the molecule is O=C(NCCc1ccc2cc[nH]c2c1)c1ccc(-c2ccccc2)cc1. The Kier molecular flexibility index (Phi) is 4.52. The first-order valence-corrected chi connectivity index (χ1v) is 8.79. The first-order valence-electron chi connectivity index (χ1n) is 8.79. The third kappa shape index (κ3) is 3.52. The van der Waals surface area contributed by atoms with E-state index < -0.39 is 0 Å². The van der Waals surface area contributed by atoms with Crippen molar-refractivity contribution in [2.45, 2.75) is 6.42 Å². The molecule has 0 saturated carbocycles. The van der Waals surface area contributed by atoms with E-state index >= 15 is 0 Å². The summed E-state index contributed by atoms with van der Waals surface area (Å²) in [6.07, 6.45) is 2.75. The minimum Gasteiger partial charge on any atom is -0.361 e. The van der Waals surface area contributed by atoms with Crippen LogP contribution < -0.4 is 5.32 Å². The molecule has 1 heterocycles. The zero-order valence-electron chi connectivity index (χ0n) is 14.4. The van der Waals surface area contributed by atoms with Crippen LogP contribution in [0.5, 0.6) is 0 Å². The molecule has 2 N–H and O–H groups in total. The van der Waals surface area contributed by atoms with Gasteiger partial charge in [0.2, 0.25) is 0 Å². The maximum atomic E-state index is 12.3. The zero-order chi connectivity index (χ0) is 17.8.